The Bertz CT molecular complexity index is 626. The quantitative estimate of drug-likeness (QED) is 0.804. The van der Waals surface area contributed by atoms with Crippen molar-refractivity contribution in [2.24, 2.45) is 0 Å². The highest BCUT2D eigenvalue weighted by Gasteiger charge is 2.13. The molecule has 0 amide bonds. The predicted octanol–water partition coefficient (Wildman–Crippen LogP) is 2.75. The highest BCUT2D eigenvalue weighted by Crippen LogP contribution is 2.23. The Morgan fingerprint density at radius 1 is 1.42 bits per heavy atom. The summed E-state index contributed by atoms with van der Waals surface area (Å²) in [4.78, 5) is 13.0. The van der Waals surface area contributed by atoms with Gasteiger partial charge >= 0.3 is 5.97 Å². The van der Waals surface area contributed by atoms with Crippen molar-refractivity contribution in [2.75, 3.05) is 0 Å². The fourth-order valence-electron chi connectivity index (χ4n) is 1.35. The maximum Gasteiger partial charge on any atom is 0.345 e. The molecule has 6 heteroatoms. The lowest BCUT2D eigenvalue weighted by Gasteiger charge is -2.00. The number of nitrogens with zero attached hydrogens (tertiary/aromatic N) is 3. The average Bonchev–Trinajstić information content (AvgIpc) is 2.89. The number of rotatable bonds is 3. The van der Waals surface area contributed by atoms with Gasteiger partial charge in [0.05, 0.1) is 5.56 Å². The number of ether oxygens (including phenoxy) is 1. The molecule has 2 aromatic heterocycles. The monoisotopic (exact) mass is 273 g/mol. The molecule has 0 radical (unpaired) electrons. The van der Waals surface area contributed by atoms with Gasteiger partial charge in [-0.3, -0.25) is 0 Å². The van der Waals surface area contributed by atoms with Crippen LogP contribution >= 0.6 is 11.3 Å². The van der Waals surface area contributed by atoms with Gasteiger partial charge in [-0.05, 0) is 18.1 Å². The topological polar surface area (TPSA) is 75.9 Å². The summed E-state index contributed by atoms with van der Waals surface area (Å²) >= 11 is 1.52. The van der Waals surface area contributed by atoms with Crippen LogP contribution in [0.2, 0.25) is 0 Å². The summed E-state index contributed by atoms with van der Waals surface area (Å²) in [5, 5.41) is 17.6. The molecule has 0 aliphatic heterocycles. The Labute approximate surface area is 114 Å². The molecule has 0 spiro atoms. The minimum absolute atomic E-state index is 0.0845. The minimum atomic E-state index is -0.470. The molecule has 5 nitrogen and oxygen atoms in total. The van der Waals surface area contributed by atoms with Crippen LogP contribution in [0.3, 0.4) is 0 Å². The summed E-state index contributed by atoms with van der Waals surface area (Å²) in [6, 6.07) is 6.55. The highest BCUT2D eigenvalue weighted by atomic mass is 32.1. The number of aromatic nitrogens is 2. The van der Waals surface area contributed by atoms with E-state index >= 15 is 0 Å². The lowest BCUT2D eigenvalue weighted by molar-refractivity contribution is 0.0726. The van der Waals surface area contributed by atoms with Crippen molar-refractivity contribution in [2.45, 2.75) is 19.8 Å². The van der Waals surface area contributed by atoms with E-state index in [0.717, 1.165) is 4.88 Å². The summed E-state index contributed by atoms with van der Waals surface area (Å²) in [6.45, 7) is 4.13. The SMILES string of the molecule is CC(C)c1cc(C(=O)Oc2ccc(C#N)nn2)cs1. The summed E-state index contributed by atoms with van der Waals surface area (Å²) < 4.78 is 5.08. The average molecular weight is 273 g/mol. The third kappa shape index (κ3) is 3.14. The van der Waals surface area contributed by atoms with Crippen molar-refractivity contribution in [3.05, 3.63) is 39.7 Å². The lowest BCUT2D eigenvalue weighted by Crippen LogP contribution is -2.09. The Hall–Kier alpha value is -2.26. The van der Waals surface area contributed by atoms with E-state index in [2.05, 4.69) is 24.0 Å². The Balaban J connectivity index is 2.09. The molecule has 2 heterocycles. The van der Waals surface area contributed by atoms with E-state index in [1.807, 2.05) is 12.1 Å². The Morgan fingerprint density at radius 3 is 2.74 bits per heavy atom. The number of hydrogen-bond donors (Lipinski definition) is 0. The minimum Gasteiger partial charge on any atom is -0.402 e. The summed E-state index contributed by atoms with van der Waals surface area (Å²) in [5.41, 5.74) is 0.678. The van der Waals surface area contributed by atoms with Crippen LogP contribution in [0.4, 0.5) is 0 Å². The fraction of sp³-hybridized carbons (Fsp3) is 0.231. The molecule has 0 aliphatic rings. The fourth-order valence-corrected chi connectivity index (χ4v) is 2.25. The van der Waals surface area contributed by atoms with E-state index in [-0.39, 0.29) is 11.6 Å². The summed E-state index contributed by atoms with van der Waals surface area (Å²) in [5.74, 6) is -0.00953. The van der Waals surface area contributed by atoms with Gasteiger partial charge in [-0.15, -0.1) is 21.5 Å². The van der Waals surface area contributed by atoms with Gasteiger partial charge in [-0.2, -0.15) is 5.26 Å². The largest absolute Gasteiger partial charge is 0.402 e. The van der Waals surface area contributed by atoms with Gasteiger partial charge in [0.25, 0.3) is 0 Å². The van der Waals surface area contributed by atoms with Crippen LogP contribution < -0.4 is 4.74 Å². The number of carbonyl (C=O) groups excluding carboxylic acids is 1. The number of esters is 1. The molecule has 0 aromatic carbocycles. The van der Waals surface area contributed by atoms with Crippen LogP contribution in [0, 0.1) is 11.3 Å². The molecule has 0 N–H and O–H groups in total. The van der Waals surface area contributed by atoms with Crippen LogP contribution in [-0.2, 0) is 0 Å². The van der Waals surface area contributed by atoms with Crippen molar-refractivity contribution >= 4 is 17.3 Å². The molecule has 2 aromatic rings. The smallest absolute Gasteiger partial charge is 0.345 e. The van der Waals surface area contributed by atoms with Gasteiger partial charge in [0.1, 0.15) is 6.07 Å². The van der Waals surface area contributed by atoms with Crippen LogP contribution in [0.5, 0.6) is 5.88 Å². The normalized spacial score (nSPS) is 10.2. The van der Waals surface area contributed by atoms with E-state index < -0.39 is 5.97 Å². The molecular formula is C13H11N3O2S. The zero-order valence-corrected chi connectivity index (χ0v) is 11.3. The van der Waals surface area contributed by atoms with Crippen molar-refractivity contribution in [3.63, 3.8) is 0 Å². The standard InChI is InChI=1S/C13H11N3O2S/c1-8(2)11-5-9(7-19-11)13(17)18-12-4-3-10(6-14)15-16-12/h3-5,7-8H,1-2H3. The Morgan fingerprint density at radius 2 is 2.21 bits per heavy atom. The molecule has 0 saturated heterocycles. The molecule has 2 rings (SSSR count). The van der Waals surface area contributed by atoms with E-state index in [1.165, 1.54) is 23.5 Å². The lowest BCUT2D eigenvalue weighted by atomic mass is 10.1. The molecule has 0 aliphatic carbocycles. The second kappa shape index (κ2) is 5.59. The number of thiophene rings is 1. The van der Waals surface area contributed by atoms with Crippen molar-refractivity contribution in [3.8, 4) is 11.9 Å². The van der Waals surface area contributed by atoms with E-state index in [1.54, 1.807) is 5.38 Å². The first-order valence-corrected chi connectivity index (χ1v) is 6.52. The first-order valence-electron chi connectivity index (χ1n) is 5.64. The van der Waals surface area contributed by atoms with Gasteiger partial charge in [-0.1, -0.05) is 13.8 Å². The van der Waals surface area contributed by atoms with Crippen LogP contribution in [0.1, 0.15) is 40.7 Å². The molecule has 0 saturated carbocycles. The number of hydrogen-bond acceptors (Lipinski definition) is 6. The van der Waals surface area contributed by atoms with Crippen LogP contribution in [-0.4, -0.2) is 16.2 Å². The predicted molar refractivity (Wildman–Crippen MR) is 70.1 cm³/mol. The van der Waals surface area contributed by atoms with E-state index in [4.69, 9.17) is 10.00 Å². The molecule has 19 heavy (non-hydrogen) atoms. The van der Waals surface area contributed by atoms with Gasteiger partial charge in [0.15, 0.2) is 5.69 Å². The zero-order chi connectivity index (χ0) is 13.8. The number of nitriles is 1. The highest BCUT2D eigenvalue weighted by molar-refractivity contribution is 7.10. The van der Waals surface area contributed by atoms with E-state index in [0.29, 0.717) is 11.5 Å². The Kier molecular flexibility index (Phi) is 3.88. The summed E-state index contributed by atoms with van der Waals surface area (Å²) in [6.07, 6.45) is 0. The van der Waals surface area contributed by atoms with Crippen LogP contribution in [0.25, 0.3) is 0 Å². The molecule has 0 atom stereocenters. The summed E-state index contributed by atoms with van der Waals surface area (Å²) in [7, 11) is 0. The van der Waals surface area contributed by atoms with Crippen molar-refractivity contribution in [1.82, 2.24) is 10.2 Å². The van der Waals surface area contributed by atoms with Gasteiger partial charge < -0.3 is 4.74 Å². The number of carbonyl (C=O) groups is 1. The van der Waals surface area contributed by atoms with Gasteiger partial charge in [-0.25, -0.2) is 4.79 Å². The molecule has 0 unspecified atom stereocenters. The second-order valence-electron chi connectivity index (χ2n) is 4.15. The third-order valence-corrected chi connectivity index (χ3v) is 3.61. The molecule has 0 fully saturated rings. The van der Waals surface area contributed by atoms with Crippen molar-refractivity contribution in [1.29, 1.82) is 5.26 Å². The van der Waals surface area contributed by atoms with E-state index in [9.17, 15) is 4.79 Å². The first kappa shape index (κ1) is 13.2. The zero-order valence-electron chi connectivity index (χ0n) is 10.5. The maximum absolute atomic E-state index is 11.9. The van der Waals surface area contributed by atoms with Gasteiger partial charge in [0.2, 0.25) is 5.88 Å². The van der Waals surface area contributed by atoms with Gasteiger partial charge in [0, 0.05) is 16.3 Å². The molecular weight excluding hydrogens is 262 g/mol. The maximum atomic E-state index is 11.9. The van der Waals surface area contributed by atoms with Crippen LogP contribution in [0.15, 0.2) is 23.6 Å². The van der Waals surface area contributed by atoms with Crippen molar-refractivity contribution < 1.29 is 9.53 Å². The molecule has 0 bridgehead atoms. The first-order chi connectivity index (χ1) is 9.10. The third-order valence-electron chi connectivity index (χ3n) is 2.38. The second-order valence-corrected chi connectivity index (χ2v) is 5.09. The molecule has 96 valence electrons.